The highest BCUT2D eigenvalue weighted by Gasteiger charge is 2.18. The number of carbonyl (C=O) groups excluding carboxylic acids is 1. The Morgan fingerprint density at radius 2 is 1.81 bits per heavy atom. The number of hydrogen-bond donors (Lipinski definition) is 1. The Labute approximate surface area is 157 Å². The summed E-state index contributed by atoms with van der Waals surface area (Å²) < 4.78 is 13.2. The highest BCUT2D eigenvalue weighted by molar-refractivity contribution is 7.10. The maximum absolute atomic E-state index is 13.2. The summed E-state index contributed by atoms with van der Waals surface area (Å²) in [6, 6.07) is 20.0. The average Bonchev–Trinajstić information content (AvgIpc) is 3.15. The molecule has 0 aliphatic heterocycles. The van der Waals surface area contributed by atoms with Crippen molar-refractivity contribution in [1.29, 1.82) is 0 Å². The van der Waals surface area contributed by atoms with Crippen LogP contribution in [0.3, 0.4) is 0 Å². The lowest BCUT2D eigenvalue weighted by atomic mass is 10.1. The van der Waals surface area contributed by atoms with Crippen molar-refractivity contribution in [3.8, 4) is 0 Å². The van der Waals surface area contributed by atoms with Crippen molar-refractivity contribution in [3.63, 3.8) is 0 Å². The van der Waals surface area contributed by atoms with Gasteiger partial charge in [-0.05, 0) is 41.8 Å². The molecule has 1 amide bonds. The van der Waals surface area contributed by atoms with E-state index in [1.54, 1.807) is 23.5 Å². The number of thiophene rings is 1. The Hall–Kier alpha value is -2.50. The molecular weight excluding hydrogens is 347 g/mol. The third-order valence-corrected chi connectivity index (χ3v) is 4.98. The third kappa shape index (κ3) is 5.00. The number of nitrogens with one attached hydrogen (secondary N) is 1. The van der Waals surface area contributed by atoms with E-state index >= 15 is 0 Å². The minimum absolute atomic E-state index is 0.0637. The minimum atomic E-state index is -0.285. The van der Waals surface area contributed by atoms with Crippen LogP contribution >= 0.6 is 11.3 Å². The summed E-state index contributed by atoms with van der Waals surface area (Å²) in [6.07, 6.45) is 0. The van der Waals surface area contributed by atoms with E-state index in [2.05, 4.69) is 5.32 Å². The van der Waals surface area contributed by atoms with Gasteiger partial charge in [0.05, 0.1) is 12.6 Å². The van der Waals surface area contributed by atoms with Gasteiger partial charge in [0.15, 0.2) is 0 Å². The van der Waals surface area contributed by atoms with E-state index in [0.29, 0.717) is 6.54 Å². The molecule has 1 aromatic heterocycles. The van der Waals surface area contributed by atoms with Gasteiger partial charge in [0.1, 0.15) is 5.82 Å². The Morgan fingerprint density at radius 3 is 2.46 bits per heavy atom. The molecule has 3 nitrogen and oxygen atoms in total. The number of carbonyl (C=O) groups is 1. The monoisotopic (exact) mass is 368 g/mol. The van der Waals surface area contributed by atoms with E-state index in [-0.39, 0.29) is 24.3 Å². The molecule has 26 heavy (non-hydrogen) atoms. The van der Waals surface area contributed by atoms with Gasteiger partial charge in [-0.25, -0.2) is 4.39 Å². The quantitative estimate of drug-likeness (QED) is 0.677. The largest absolute Gasteiger partial charge is 0.343 e. The van der Waals surface area contributed by atoms with Gasteiger partial charge in [-0.15, -0.1) is 11.3 Å². The van der Waals surface area contributed by atoms with Gasteiger partial charge >= 0.3 is 0 Å². The van der Waals surface area contributed by atoms with Crippen molar-refractivity contribution in [2.75, 3.05) is 13.6 Å². The SMILES string of the molecule is CN(CC(=O)N[C@H](c1ccc(F)cc1)c1cccs1)Cc1ccccc1. The number of benzene rings is 2. The fourth-order valence-electron chi connectivity index (χ4n) is 2.83. The van der Waals surface area contributed by atoms with Gasteiger partial charge in [0.25, 0.3) is 0 Å². The number of nitrogens with zero attached hydrogens (tertiary/aromatic N) is 1. The van der Waals surface area contributed by atoms with Gasteiger partial charge < -0.3 is 5.32 Å². The highest BCUT2D eigenvalue weighted by atomic mass is 32.1. The lowest BCUT2D eigenvalue weighted by molar-refractivity contribution is -0.122. The lowest BCUT2D eigenvalue weighted by Gasteiger charge is -2.21. The predicted octanol–water partition coefficient (Wildman–Crippen LogP) is 4.22. The van der Waals surface area contributed by atoms with E-state index in [4.69, 9.17) is 0 Å². The van der Waals surface area contributed by atoms with Gasteiger partial charge in [0, 0.05) is 11.4 Å². The number of amides is 1. The molecule has 0 aliphatic rings. The zero-order valence-electron chi connectivity index (χ0n) is 14.6. The summed E-state index contributed by atoms with van der Waals surface area (Å²) in [7, 11) is 1.92. The molecule has 0 saturated carbocycles. The topological polar surface area (TPSA) is 32.3 Å². The summed E-state index contributed by atoms with van der Waals surface area (Å²) in [6.45, 7) is 0.993. The van der Waals surface area contributed by atoms with E-state index in [9.17, 15) is 9.18 Å². The molecule has 1 heterocycles. The number of likely N-dealkylation sites (N-methyl/N-ethyl adjacent to an activating group) is 1. The second-order valence-electron chi connectivity index (χ2n) is 6.23. The standard InChI is InChI=1S/C21H21FN2OS/c1-24(14-16-6-3-2-4-7-16)15-20(25)23-21(19-8-5-13-26-19)17-9-11-18(22)12-10-17/h2-13,21H,14-15H2,1H3,(H,23,25)/t21-/m1/s1. The van der Waals surface area contributed by atoms with Crippen molar-refractivity contribution in [2.24, 2.45) is 0 Å². The van der Waals surface area contributed by atoms with Crippen LogP contribution in [-0.2, 0) is 11.3 Å². The molecular formula is C21H21FN2OS. The highest BCUT2D eigenvalue weighted by Crippen LogP contribution is 2.26. The molecule has 2 aromatic carbocycles. The van der Waals surface area contributed by atoms with Gasteiger partial charge in [-0.1, -0.05) is 48.5 Å². The summed E-state index contributed by atoms with van der Waals surface area (Å²) in [5, 5.41) is 5.05. The molecule has 0 spiro atoms. The van der Waals surface area contributed by atoms with Crippen molar-refractivity contribution >= 4 is 17.2 Å². The third-order valence-electron chi connectivity index (χ3n) is 4.05. The Bertz CT molecular complexity index is 819. The van der Waals surface area contributed by atoms with Crippen molar-refractivity contribution in [1.82, 2.24) is 10.2 Å². The van der Waals surface area contributed by atoms with Crippen molar-refractivity contribution in [2.45, 2.75) is 12.6 Å². The van der Waals surface area contributed by atoms with Crippen LogP contribution in [0.2, 0.25) is 0 Å². The van der Waals surface area contributed by atoms with Crippen LogP contribution in [0.25, 0.3) is 0 Å². The molecule has 134 valence electrons. The Morgan fingerprint density at radius 1 is 1.08 bits per heavy atom. The summed E-state index contributed by atoms with van der Waals surface area (Å²) in [4.78, 5) is 15.6. The summed E-state index contributed by atoms with van der Waals surface area (Å²) in [5.41, 5.74) is 2.03. The first-order valence-electron chi connectivity index (χ1n) is 8.42. The molecule has 3 aromatic rings. The maximum atomic E-state index is 13.2. The second kappa shape index (κ2) is 8.74. The van der Waals surface area contributed by atoms with E-state index in [1.807, 2.05) is 59.8 Å². The number of halogens is 1. The van der Waals surface area contributed by atoms with Crippen molar-refractivity contribution < 1.29 is 9.18 Å². The summed E-state index contributed by atoms with van der Waals surface area (Å²) in [5.74, 6) is -0.348. The van der Waals surface area contributed by atoms with Gasteiger partial charge in [-0.3, -0.25) is 9.69 Å². The number of hydrogen-bond acceptors (Lipinski definition) is 3. The molecule has 0 bridgehead atoms. The molecule has 1 N–H and O–H groups in total. The number of rotatable bonds is 7. The smallest absolute Gasteiger partial charge is 0.234 e. The minimum Gasteiger partial charge on any atom is -0.343 e. The fourth-order valence-corrected chi connectivity index (χ4v) is 3.63. The first-order valence-corrected chi connectivity index (χ1v) is 9.30. The van der Waals surface area contributed by atoms with Crippen LogP contribution in [0.5, 0.6) is 0 Å². The second-order valence-corrected chi connectivity index (χ2v) is 7.20. The fraction of sp³-hybridized carbons (Fsp3) is 0.190. The van der Waals surface area contributed by atoms with Gasteiger partial charge in [-0.2, -0.15) is 0 Å². The van der Waals surface area contributed by atoms with Crippen LogP contribution in [0.15, 0.2) is 72.1 Å². The van der Waals surface area contributed by atoms with Crippen LogP contribution in [0.4, 0.5) is 4.39 Å². The van der Waals surface area contributed by atoms with Crippen LogP contribution in [-0.4, -0.2) is 24.4 Å². The summed E-state index contributed by atoms with van der Waals surface area (Å²) >= 11 is 1.57. The first-order chi connectivity index (χ1) is 12.6. The normalized spacial score (nSPS) is 12.1. The zero-order chi connectivity index (χ0) is 18.4. The van der Waals surface area contributed by atoms with E-state index in [1.165, 1.54) is 12.1 Å². The van der Waals surface area contributed by atoms with Crippen LogP contribution < -0.4 is 5.32 Å². The zero-order valence-corrected chi connectivity index (χ0v) is 15.4. The van der Waals surface area contributed by atoms with E-state index < -0.39 is 0 Å². The van der Waals surface area contributed by atoms with Gasteiger partial charge in [0.2, 0.25) is 5.91 Å². The molecule has 0 unspecified atom stereocenters. The first kappa shape index (κ1) is 18.3. The molecule has 0 saturated heterocycles. The molecule has 5 heteroatoms. The lowest BCUT2D eigenvalue weighted by Crippen LogP contribution is -2.37. The van der Waals surface area contributed by atoms with Crippen LogP contribution in [0.1, 0.15) is 22.0 Å². The molecule has 0 radical (unpaired) electrons. The molecule has 3 rings (SSSR count). The maximum Gasteiger partial charge on any atom is 0.234 e. The average molecular weight is 368 g/mol. The Kier molecular flexibility index (Phi) is 6.15. The molecule has 0 fully saturated rings. The predicted molar refractivity (Wildman–Crippen MR) is 103 cm³/mol. The molecule has 1 atom stereocenters. The Balaban J connectivity index is 1.66. The van der Waals surface area contributed by atoms with E-state index in [0.717, 1.165) is 16.0 Å². The van der Waals surface area contributed by atoms with Crippen molar-refractivity contribution in [3.05, 3.63) is 93.9 Å². The van der Waals surface area contributed by atoms with Crippen LogP contribution in [0, 0.1) is 5.82 Å². The molecule has 0 aliphatic carbocycles.